The second-order valence-electron chi connectivity index (χ2n) is 13.1. The summed E-state index contributed by atoms with van der Waals surface area (Å²) in [6.45, 7) is 12.5. The maximum Gasteiger partial charge on any atom is 0.0594 e. The van der Waals surface area contributed by atoms with Gasteiger partial charge in [0.15, 0.2) is 0 Å². The quantitative estimate of drug-likeness (QED) is 0.502. The van der Waals surface area contributed by atoms with Crippen LogP contribution in [-0.2, 0) is 0 Å². The van der Waals surface area contributed by atoms with Gasteiger partial charge in [0.05, 0.1) is 6.10 Å². The number of hydrogen-bond acceptors (Lipinski definition) is 1. The Balaban J connectivity index is 1.42. The summed E-state index contributed by atoms with van der Waals surface area (Å²) >= 11 is 0. The van der Waals surface area contributed by atoms with Gasteiger partial charge >= 0.3 is 0 Å². The fourth-order valence-corrected chi connectivity index (χ4v) is 9.51. The molecule has 1 unspecified atom stereocenters. The van der Waals surface area contributed by atoms with E-state index in [1.54, 1.807) is 11.1 Å². The normalized spacial score (nSPS) is 44.3. The van der Waals surface area contributed by atoms with Crippen LogP contribution in [0.4, 0.5) is 0 Å². The highest BCUT2D eigenvalue weighted by Gasteiger charge is 2.57. The van der Waals surface area contributed by atoms with Gasteiger partial charge in [0, 0.05) is 0 Å². The van der Waals surface area contributed by atoms with E-state index in [1.807, 2.05) is 5.57 Å². The first-order valence-electron chi connectivity index (χ1n) is 13.3. The molecule has 0 aliphatic heterocycles. The van der Waals surface area contributed by atoms with Crippen molar-refractivity contribution in [2.75, 3.05) is 0 Å². The predicted molar refractivity (Wildman–Crippen MR) is 126 cm³/mol. The highest BCUT2D eigenvalue weighted by molar-refractivity contribution is 5.49. The van der Waals surface area contributed by atoms with Crippen LogP contribution in [0.3, 0.4) is 0 Å². The fraction of sp³-hybridized carbons (Fsp3) is 0.862. The van der Waals surface area contributed by atoms with E-state index < -0.39 is 0 Å². The van der Waals surface area contributed by atoms with Gasteiger partial charge in [-0.05, 0) is 102 Å². The minimum Gasteiger partial charge on any atom is -0.393 e. The van der Waals surface area contributed by atoms with Crippen molar-refractivity contribution in [3.63, 3.8) is 0 Å². The molecule has 1 N–H and O–H groups in total. The molecule has 5 rings (SSSR count). The van der Waals surface area contributed by atoms with Crippen LogP contribution in [0.2, 0.25) is 0 Å². The molecule has 1 heteroatoms. The Bertz CT molecular complexity index is 750. The van der Waals surface area contributed by atoms with Crippen LogP contribution in [0.15, 0.2) is 22.8 Å². The fourth-order valence-electron chi connectivity index (χ4n) is 9.51. The molecule has 168 valence electrons. The first-order valence-corrected chi connectivity index (χ1v) is 13.3. The summed E-state index contributed by atoms with van der Waals surface area (Å²) in [5.74, 6) is 3.37. The highest BCUT2D eigenvalue weighted by Crippen LogP contribution is 2.66. The number of allylic oxidation sites excluding steroid dienone is 4. The Kier molecular flexibility index (Phi) is 5.13. The van der Waals surface area contributed by atoms with Gasteiger partial charge in [-0.2, -0.15) is 0 Å². The first kappa shape index (κ1) is 21.3. The van der Waals surface area contributed by atoms with Crippen molar-refractivity contribution in [2.45, 2.75) is 118 Å². The molecule has 0 radical (unpaired) electrons. The predicted octanol–water partition coefficient (Wildman–Crippen LogP) is 7.84. The summed E-state index contributed by atoms with van der Waals surface area (Å²) in [6, 6.07) is 0. The maximum atomic E-state index is 10.8. The largest absolute Gasteiger partial charge is 0.393 e. The average Bonchev–Trinajstić information content (AvgIpc) is 3.32. The third kappa shape index (κ3) is 2.96. The molecule has 30 heavy (non-hydrogen) atoms. The molecule has 0 aromatic carbocycles. The minimum absolute atomic E-state index is 0.0503. The Morgan fingerprint density at radius 3 is 2.43 bits per heavy atom. The second-order valence-corrected chi connectivity index (χ2v) is 13.1. The number of aliphatic hydroxyl groups is 1. The molecule has 0 aromatic heterocycles. The van der Waals surface area contributed by atoms with Gasteiger partial charge in [0.25, 0.3) is 0 Å². The number of fused-ring (bicyclic) bond motifs is 4. The molecule has 0 bridgehead atoms. The van der Waals surface area contributed by atoms with Gasteiger partial charge in [-0.3, -0.25) is 0 Å². The van der Waals surface area contributed by atoms with Crippen LogP contribution in [0.1, 0.15) is 112 Å². The summed E-state index contributed by atoms with van der Waals surface area (Å²) in [4.78, 5) is 0. The Morgan fingerprint density at radius 2 is 1.70 bits per heavy atom. The molecule has 0 heterocycles. The van der Waals surface area contributed by atoms with Crippen molar-refractivity contribution in [3.05, 3.63) is 22.8 Å². The molecule has 0 saturated heterocycles. The van der Waals surface area contributed by atoms with Crippen LogP contribution in [0.25, 0.3) is 0 Å². The van der Waals surface area contributed by atoms with Gasteiger partial charge in [-0.1, -0.05) is 72.0 Å². The van der Waals surface area contributed by atoms with E-state index in [9.17, 15) is 5.11 Å². The van der Waals surface area contributed by atoms with E-state index in [-0.39, 0.29) is 11.5 Å². The maximum absolute atomic E-state index is 10.8. The van der Waals surface area contributed by atoms with E-state index >= 15 is 0 Å². The molecular formula is C29H46O. The summed E-state index contributed by atoms with van der Waals surface area (Å²) in [5.41, 5.74) is 6.15. The average molecular weight is 411 g/mol. The Labute approximate surface area is 185 Å². The lowest BCUT2D eigenvalue weighted by molar-refractivity contribution is -0.0905. The van der Waals surface area contributed by atoms with Crippen LogP contribution in [0, 0.1) is 39.9 Å². The third-order valence-electron chi connectivity index (χ3n) is 11.3. The van der Waals surface area contributed by atoms with Crippen LogP contribution in [0.5, 0.6) is 0 Å². The summed E-state index contributed by atoms with van der Waals surface area (Å²) in [5, 5.41) is 10.8. The Hall–Kier alpha value is -0.560. The molecule has 5 aliphatic carbocycles. The molecule has 2 saturated carbocycles. The SMILES string of the molecule is C[C@H](CC1CCCC1)[C@H]1CC=C2C3=C(CC[C@@]21C)[C@@]1(C)CC[C@H](O)C(C)(C)C1CC3. The molecule has 2 fully saturated rings. The van der Waals surface area contributed by atoms with E-state index in [0.29, 0.717) is 16.7 Å². The lowest BCUT2D eigenvalue weighted by Gasteiger charge is -2.59. The summed E-state index contributed by atoms with van der Waals surface area (Å²) < 4.78 is 0. The number of hydrogen-bond donors (Lipinski definition) is 1. The van der Waals surface area contributed by atoms with Gasteiger partial charge in [-0.25, -0.2) is 0 Å². The van der Waals surface area contributed by atoms with Crippen LogP contribution >= 0.6 is 0 Å². The zero-order chi connectivity index (χ0) is 21.3. The molecule has 5 aliphatic rings. The minimum atomic E-state index is -0.127. The van der Waals surface area contributed by atoms with Crippen molar-refractivity contribution in [1.82, 2.24) is 0 Å². The van der Waals surface area contributed by atoms with Gasteiger partial charge in [-0.15, -0.1) is 0 Å². The van der Waals surface area contributed by atoms with Crippen molar-refractivity contribution >= 4 is 0 Å². The molecule has 6 atom stereocenters. The molecule has 0 amide bonds. The van der Waals surface area contributed by atoms with Gasteiger partial charge < -0.3 is 5.11 Å². The molecule has 0 aromatic rings. The molecular weight excluding hydrogens is 364 g/mol. The van der Waals surface area contributed by atoms with Crippen molar-refractivity contribution in [3.8, 4) is 0 Å². The van der Waals surface area contributed by atoms with E-state index in [0.717, 1.165) is 24.2 Å². The summed E-state index contributed by atoms with van der Waals surface area (Å²) in [6.07, 6.45) is 18.7. The second kappa shape index (κ2) is 7.23. The lowest BCUT2D eigenvalue weighted by atomic mass is 9.46. The topological polar surface area (TPSA) is 20.2 Å². The first-order chi connectivity index (χ1) is 14.2. The Morgan fingerprint density at radius 1 is 0.967 bits per heavy atom. The number of aliphatic hydroxyl groups excluding tert-OH is 1. The van der Waals surface area contributed by atoms with Crippen molar-refractivity contribution < 1.29 is 5.11 Å². The van der Waals surface area contributed by atoms with E-state index in [4.69, 9.17) is 0 Å². The highest BCUT2D eigenvalue weighted by atomic mass is 16.3. The third-order valence-corrected chi connectivity index (χ3v) is 11.3. The van der Waals surface area contributed by atoms with Gasteiger partial charge in [0.1, 0.15) is 0 Å². The van der Waals surface area contributed by atoms with Crippen LogP contribution < -0.4 is 0 Å². The summed E-state index contributed by atoms with van der Waals surface area (Å²) in [7, 11) is 0. The van der Waals surface area contributed by atoms with Gasteiger partial charge in [0.2, 0.25) is 0 Å². The van der Waals surface area contributed by atoms with Crippen molar-refractivity contribution in [1.29, 1.82) is 0 Å². The number of rotatable bonds is 3. The zero-order valence-corrected chi connectivity index (χ0v) is 20.4. The van der Waals surface area contributed by atoms with E-state index in [1.165, 1.54) is 70.6 Å². The zero-order valence-electron chi connectivity index (χ0n) is 20.4. The molecule has 0 spiro atoms. The molecule has 1 nitrogen and oxygen atoms in total. The van der Waals surface area contributed by atoms with Crippen LogP contribution in [-0.4, -0.2) is 11.2 Å². The monoisotopic (exact) mass is 410 g/mol. The lowest BCUT2D eigenvalue weighted by Crippen LogP contribution is -2.53. The standard InChI is InChI=1S/C29H46O/c1-19(18-20-8-6-7-9-20)22-11-12-23-21-10-13-25-27(2,3)26(30)15-17-29(25,5)24(21)14-16-28(22,23)4/h12,19-20,22,25-26,30H,6-11,13-18H2,1-5H3/t19-,22-,25?,26+,28-,29-/m1/s1. The van der Waals surface area contributed by atoms with Crippen molar-refractivity contribution in [2.24, 2.45) is 39.9 Å². The smallest absolute Gasteiger partial charge is 0.0594 e. The van der Waals surface area contributed by atoms with E-state index in [2.05, 4.69) is 40.7 Å².